The van der Waals surface area contributed by atoms with Gasteiger partial charge < -0.3 is 9.64 Å². The molecule has 0 radical (unpaired) electrons. The minimum absolute atomic E-state index is 0.258. The van der Waals surface area contributed by atoms with Crippen LogP contribution in [0.5, 0.6) is 0 Å². The summed E-state index contributed by atoms with van der Waals surface area (Å²) in [5.74, 6) is 0.362. The van der Waals surface area contributed by atoms with Crippen LogP contribution in [0.4, 0.5) is 10.1 Å². The molecule has 6 heteroatoms. The summed E-state index contributed by atoms with van der Waals surface area (Å²) >= 11 is 5.92. The quantitative estimate of drug-likeness (QED) is 0.923. The normalized spacial score (nSPS) is 14.3. The fourth-order valence-corrected chi connectivity index (χ4v) is 2.50. The van der Waals surface area contributed by atoms with Crippen LogP contribution >= 0.6 is 11.6 Å². The lowest BCUT2D eigenvalue weighted by molar-refractivity contribution is 0.207. The monoisotopic (exact) mass is 333 g/mol. The molecule has 1 heterocycles. The van der Waals surface area contributed by atoms with Crippen molar-refractivity contribution in [2.24, 2.45) is 0 Å². The number of ether oxygens (including phenoxy) is 1. The van der Waals surface area contributed by atoms with Crippen molar-refractivity contribution < 1.29 is 9.13 Å². The van der Waals surface area contributed by atoms with Gasteiger partial charge in [0.15, 0.2) is 0 Å². The molecule has 3 rings (SSSR count). The molecule has 4 nitrogen and oxygen atoms in total. The van der Waals surface area contributed by atoms with Crippen LogP contribution in [0.2, 0.25) is 5.02 Å². The van der Waals surface area contributed by atoms with E-state index in [-0.39, 0.29) is 5.82 Å². The zero-order valence-electron chi connectivity index (χ0n) is 12.7. The molecule has 0 atom stereocenters. The van der Waals surface area contributed by atoms with E-state index in [1.807, 2.05) is 35.5 Å². The molecular formula is C17H17ClFN3O. The fraction of sp³-hybridized carbons (Fsp3) is 0.176. The van der Waals surface area contributed by atoms with Gasteiger partial charge in [0.05, 0.1) is 19.0 Å². The first kappa shape index (κ1) is 15.5. The van der Waals surface area contributed by atoms with E-state index < -0.39 is 0 Å². The summed E-state index contributed by atoms with van der Waals surface area (Å²) in [6.45, 7) is 1.31. The predicted octanol–water partition coefficient (Wildman–Crippen LogP) is 3.71. The molecular weight excluding hydrogens is 317 g/mol. The van der Waals surface area contributed by atoms with Crippen LogP contribution in [-0.2, 0) is 11.3 Å². The molecule has 0 bridgehead atoms. The molecule has 0 saturated heterocycles. The zero-order chi connectivity index (χ0) is 16.2. The first-order valence-electron chi connectivity index (χ1n) is 7.18. The maximum atomic E-state index is 13.1. The fourth-order valence-electron chi connectivity index (χ4n) is 2.37. The van der Waals surface area contributed by atoms with Crippen LogP contribution in [0.1, 0.15) is 5.56 Å². The Hall–Kier alpha value is -2.40. The molecule has 1 aliphatic heterocycles. The Bertz CT molecular complexity index is 688. The van der Waals surface area contributed by atoms with E-state index in [1.54, 1.807) is 19.2 Å². The Morgan fingerprint density at radius 1 is 1.13 bits per heavy atom. The van der Waals surface area contributed by atoms with E-state index in [0.717, 1.165) is 16.3 Å². The minimum atomic E-state index is -0.258. The number of halogens is 2. The van der Waals surface area contributed by atoms with Crippen LogP contribution < -0.4 is 10.4 Å². The van der Waals surface area contributed by atoms with Crippen molar-refractivity contribution in [3.63, 3.8) is 0 Å². The van der Waals surface area contributed by atoms with Crippen molar-refractivity contribution >= 4 is 17.3 Å². The third-order valence-electron chi connectivity index (χ3n) is 3.53. The second-order valence-corrected chi connectivity index (χ2v) is 5.66. The molecule has 2 aromatic rings. The standard InChI is InChI=1S/C17H17ClFN3O/c1-23-17-11-21(10-13-2-4-14(18)5-3-13)12-22(20-17)16-8-6-15(19)7-9-16/h2-9,11,20H,10,12H2,1H3. The zero-order valence-corrected chi connectivity index (χ0v) is 13.4. The highest BCUT2D eigenvalue weighted by Crippen LogP contribution is 2.19. The molecule has 0 aromatic heterocycles. The van der Waals surface area contributed by atoms with Gasteiger partial charge in [-0.2, -0.15) is 0 Å². The lowest BCUT2D eigenvalue weighted by Crippen LogP contribution is -2.48. The summed E-state index contributed by atoms with van der Waals surface area (Å²) in [5.41, 5.74) is 5.15. The molecule has 0 fully saturated rings. The summed E-state index contributed by atoms with van der Waals surface area (Å²) in [6, 6.07) is 14.1. The van der Waals surface area contributed by atoms with Gasteiger partial charge in [0, 0.05) is 11.6 Å². The van der Waals surface area contributed by atoms with Crippen molar-refractivity contribution in [2.45, 2.75) is 6.54 Å². The van der Waals surface area contributed by atoms with E-state index in [4.69, 9.17) is 16.3 Å². The Morgan fingerprint density at radius 2 is 1.83 bits per heavy atom. The van der Waals surface area contributed by atoms with Gasteiger partial charge in [-0.3, -0.25) is 10.4 Å². The van der Waals surface area contributed by atoms with Crippen molar-refractivity contribution in [1.29, 1.82) is 0 Å². The van der Waals surface area contributed by atoms with Gasteiger partial charge in [-0.25, -0.2) is 4.39 Å². The maximum absolute atomic E-state index is 13.1. The van der Waals surface area contributed by atoms with Crippen molar-refractivity contribution in [3.8, 4) is 0 Å². The molecule has 0 saturated carbocycles. The number of methoxy groups -OCH3 is 1. The number of nitrogens with one attached hydrogen (secondary N) is 1. The Kier molecular flexibility index (Phi) is 4.57. The van der Waals surface area contributed by atoms with Gasteiger partial charge in [-0.05, 0) is 42.0 Å². The van der Waals surface area contributed by atoms with Gasteiger partial charge in [0.25, 0.3) is 0 Å². The minimum Gasteiger partial charge on any atom is -0.480 e. The van der Waals surface area contributed by atoms with E-state index in [2.05, 4.69) is 10.3 Å². The summed E-state index contributed by atoms with van der Waals surface area (Å²) in [5, 5.41) is 2.61. The predicted molar refractivity (Wildman–Crippen MR) is 89.0 cm³/mol. The van der Waals surface area contributed by atoms with Crippen molar-refractivity contribution in [3.05, 3.63) is 77.0 Å². The largest absolute Gasteiger partial charge is 0.480 e. The Labute approximate surface area is 139 Å². The van der Waals surface area contributed by atoms with E-state index in [0.29, 0.717) is 19.1 Å². The molecule has 1 aliphatic rings. The van der Waals surface area contributed by atoms with E-state index in [9.17, 15) is 4.39 Å². The van der Waals surface area contributed by atoms with Crippen molar-refractivity contribution in [2.75, 3.05) is 18.8 Å². The molecule has 0 aliphatic carbocycles. The maximum Gasteiger partial charge on any atom is 0.222 e. The molecule has 2 aromatic carbocycles. The second kappa shape index (κ2) is 6.79. The Balaban J connectivity index is 1.77. The van der Waals surface area contributed by atoms with Gasteiger partial charge >= 0.3 is 0 Å². The first-order valence-corrected chi connectivity index (χ1v) is 7.56. The topological polar surface area (TPSA) is 27.7 Å². The molecule has 120 valence electrons. The summed E-state index contributed by atoms with van der Waals surface area (Å²) in [6.07, 6.45) is 1.91. The van der Waals surface area contributed by atoms with Gasteiger partial charge in [-0.1, -0.05) is 23.7 Å². The van der Waals surface area contributed by atoms with Crippen LogP contribution in [0, 0.1) is 5.82 Å². The van der Waals surface area contributed by atoms with Crippen LogP contribution in [0.25, 0.3) is 0 Å². The highest BCUT2D eigenvalue weighted by Gasteiger charge is 2.18. The highest BCUT2D eigenvalue weighted by atomic mass is 35.5. The smallest absolute Gasteiger partial charge is 0.222 e. The molecule has 0 unspecified atom stereocenters. The summed E-state index contributed by atoms with van der Waals surface area (Å²) in [7, 11) is 1.60. The van der Waals surface area contributed by atoms with Crippen LogP contribution in [0.3, 0.4) is 0 Å². The third kappa shape index (κ3) is 3.87. The third-order valence-corrected chi connectivity index (χ3v) is 3.78. The lowest BCUT2D eigenvalue weighted by Gasteiger charge is -2.37. The molecule has 1 N–H and O–H groups in total. The average Bonchev–Trinajstić information content (AvgIpc) is 2.57. The van der Waals surface area contributed by atoms with E-state index >= 15 is 0 Å². The Morgan fingerprint density at radius 3 is 2.48 bits per heavy atom. The molecule has 23 heavy (non-hydrogen) atoms. The first-order chi connectivity index (χ1) is 11.1. The lowest BCUT2D eigenvalue weighted by atomic mass is 10.2. The summed E-state index contributed by atoms with van der Waals surface area (Å²) < 4.78 is 18.4. The summed E-state index contributed by atoms with van der Waals surface area (Å²) in [4.78, 5) is 2.10. The van der Waals surface area contributed by atoms with Crippen LogP contribution in [0.15, 0.2) is 60.6 Å². The molecule has 0 spiro atoms. The average molecular weight is 334 g/mol. The van der Waals surface area contributed by atoms with Gasteiger partial charge in [-0.15, -0.1) is 0 Å². The number of anilines is 1. The van der Waals surface area contributed by atoms with Crippen LogP contribution in [-0.4, -0.2) is 18.7 Å². The van der Waals surface area contributed by atoms with E-state index in [1.165, 1.54) is 12.1 Å². The second-order valence-electron chi connectivity index (χ2n) is 5.23. The van der Waals surface area contributed by atoms with Gasteiger partial charge in [0.2, 0.25) is 5.88 Å². The number of hydrogen-bond acceptors (Lipinski definition) is 4. The highest BCUT2D eigenvalue weighted by molar-refractivity contribution is 6.30. The number of nitrogens with zero attached hydrogens (tertiary/aromatic N) is 2. The number of rotatable bonds is 4. The van der Waals surface area contributed by atoms with Crippen molar-refractivity contribution in [1.82, 2.24) is 10.3 Å². The number of hydrogen-bond donors (Lipinski definition) is 1. The molecule has 0 amide bonds. The number of benzene rings is 2. The van der Waals surface area contributed by atoms with Gasteiger partial charge in [0.1, 0.15) is 12.5 Å². The number of hydrazine groups is 1. The SMILES string of the molecule is COC1=CN(Cc2ccc(Cl)cc2)CN(c2ccc(F)cc2)N1.